The second kappa shape index (κ2) is 5.32. The minimum Gasteiger partial charge on any atom is -0.497 e. The summed E-state index contributed by atoms with van der Waals surface area (Å²) >= 11 is 0. The SMILES string of the molecule is CCN1CCCCC1n1c(=O)[nH]c2ccc(OC)cc21. The molecule has 108 valence electrons. The van der Waals surface area contributed by atoms with E-state index in [0.717, 1.165) is 36.3 Å². The highest BCUT2D eigenvalue weighted by molar-refractivity contribution is 5.77. The third-order valence-corrected chi connectivity index (χ3v) is 4.21. The molecular weight excluding hydrogens is 254 g/mol. The molecule has 1 N–H and O–H groups in total. The quantitative estimate of drug-likeness (QED) is 0.935. The number of aromatic amines is 1. The molecule has 0 bridgehead atoms. The van der Waals surface area contributed by atoms with Crippen LogP contribution >= 0.6 is 0 Å². The second-order valence-electron chi connectivity index (χ2n) is 5.29. The Bertz CT molecular complexity index is 659. The molecule has 5 nitrogen and oxygen atoms in total. The van der Waals surface area contributed by atoms with Gasteiger partial charge in [-0.15, -0.1) is 0 Å². The molecule has 1 aromatic carbocycles. The molecule has 1 aliphatic rings. The van der Waals surface area contributed by atoms with Gasteiger partial charge in [-0.1, -0.05) is 6.92 Å². The fraction of sp³-hybridized carbons (Fsp3) is 0.533. The zero-order valence-corrected chi connectivity index (χ0v) is 12.1. The second-order valence-corrected chi connectivity index (χ2v) is 5.29. The molecule has 1 saturated heterocycles. The Morgan fingerprint density at radius 3 is 3.00 bits per heavy atom. The molecule has 5 heteroatoms. The third-order valence-electron chi connectivity index (χ3n) is 4.21. The number of fused-ring (bicyclic) bond motifs is 1. The number of piperidine rings is 1. The van der Waals surface area contributed by atoms with Gasteiger partial charge < -0.3 is 9.72 Å². The number of nitrogens with zero attached hydrogens (tertiary/aromatic N) is 2. The number of hydrogen-bond acceptors (Lipinski definition) is 3. The number of nitrogens with one attached hydrogen (secondary N) is 1. The number of likely N-dealkylation sites (tertiary alicyclic amines) is 1. The highest BCUT2D eigenvalue weighted by Crippen LogP contribution is 2.28. The van der Waals surface area contributed by atoms with Gasteiger partial charge in [-0.3, -0.25) is 9.47 Å². The van der Waals surface area contributed by atoms with E-state index in [4.69, 9.17) is 4.74 Å². The van der Waals surface area contributed by atoms with Crippen molar-refractivity contribution in [3.63, 3.8) is 0 Å². The molecule has 1 fully saturated rings. The van der Waals surface area contributed by atoms with Crippen molar-refractivity contribution < 1.29 is 4.74 Å². The van der Waals surface area contributed by atoms with Crippen molar-refractivity contribution in [3.05, 3.63) is 28.7 Å². The summed E-state index contributed by atoms with van der Waals surface area (Å²) in [6.45, 7) is 4.18. The molecule has 0 amide bonds. The highest BCUT2D eigenvalue weighted by atomic mass is 16.5. The molecule has 1 aliphatic heterocycles. The number of methoxy groups -OCH3 is 1. The maximum absolute atomic E-state index is 12.3. The lowest BCUT2D eigenvalue weighted by Gasteiger charge is -2.35. The molecule has 1 aromatic heterocycles. The van der Waals surface area contributed by atoms with E-state index in [0.29, 0.717) is 0 Å². The van der Waals surface area contributed by atoms with E-state index in [-0.39, 0.29) is 11.9 Å². The fourth-order valence-corrected chi connectivity index (χ4v) is 3.16. The summed E-state index contributed by atoms with van der Waals surface area (Å²) in [5.74, 6) is 0.782. The van der Waals surface area contributed by atoms with Crippen molar-refractivity contribution in [1.29, 1.82) is 0 Å². The Morgan fingerprint density at radius 1 is 1.40 bits per heavy atom. The van der Waals surface area contributed by atoms with Gasteiger partial charge in [0.1, 0.15) is 5.75 Å². The summed E-state index contributed by atoms with van der Waals surface area (Å²) in [5, 5.41) is 0. The van der Waals surface area contributed by atoms with E-state index in [1.807, 2.05) is 22.8 Å². The number of imidazole rings is 1. The van der Waals surface area contributed by atoms with Crippen molar-refractivity contribution in [1.82, 2.24) is 14.5 Å². The van der Waals surface area contributed by atoms with Gasteiger partial charge in [0.25, 0.3) is 0 Å². The van der Waals surface area contributed by atoms with Gasteiger partial charge in [0.05, 0.1) is 24.3 Å². The lowest BCUT2D eigenvalue weighted by Crippen LogP contribution is -2.40. The first-order chi connectivity index (χ1) is 9.74. The maximum atomic E-state index is 12.3. The Labute approximate surface area is 118 Å². The number of hydrogen-bond donors (Lipinski definition) is 1. The minimum absolute atomic E-state index is 0.0291. The molecule has 2 heterocycles. The molecule has 0 saturated carbocycles. The average Bonchev–Trinajstić information content (AvgIpc) is 2.81. The van der Waals surface area contributed by atoms with E-state index < -0.39 is 0 Å². The fourth-order valence-electron chi connectivity index (χ4n) is 3.16. The van der Waals surface area contributed by atoms with Crippen LogP contribution in [0, 0.1) is 0 Å². The van der Waals surface area contributed by atoms with Crippen LogP contribution in [0.15, 0.2) is 23.0 Å². The van der Waals surface area contributed by atoms with Gasteiger partial charge in [-0.05, 0) is 37.9 Å². The summed E-state index contributed by atoms with van der Waals surface area (Å²) < 4.78 is 7.17. The number of ether oxygens (including phenoxy) is 1. The minimum atomic E-state index is -0.0291. The smallest absolute Gasteiger partial charge is 0.327 e. The van der Waals surface area contributed by atoms with Crippen molar-refractivity contribution >= 4 is 11.0 Å². The van der Waals surface area contributed by atoms with Gasteiger partial charge in [0.2, 0.25) is 0 Å². The van der Waals surface area contributed by atoms with Crippen LogP contribution in [0.1, 0.15) is 32.4 Å². The lowest BCUT2D eigenvalue weighted by atomic mass is 10.1. The maximum Gasteiger partial charge on any atom is 0.327 e. The van der Waals surface area contributed by atoms with E-state index in [1.165, 1.54) is 12.8 Å². The summed E-state index contributed by atoms with van der Waals surface area (Å²) in [7, 11) is 1.65. The van der Waals surface area contributed by atoms with Gasteiger partial charge >= 0.3 is 5.69 Å². The molecule has 2 aromatic rings. The summed E-state index contributed by atoms with van der Waals surface area (Å²) in [6.07, 6.45) is 3.56. The molecule has 0 radical (unpaired) electrons. The van der Waals surface area contributed by atoms with Gasteiger partial charge in [0, 0.05) is 12.6 Å². The van der Waals surface area contributed by atoms with Gasteiger partial charge in [0.15, 0.2) is 0 Å². The first-order valence-electron chi connectivity index (χ1n) is 7.27. The van der Waals surface area contributed by atoms with Crippen LogP contribution in [0.2, 0.25) is 0 Å². The monoisotopic (exact) mass is 275 g/mol. The van der Waals surface area contributed by atoms with Crippen LogP contribution in [-0.2, 0) is 0 Å². The van der Waals surface area contributed by atoms with E-state index in [2.05, 4.69) is 16.8 Å². The standard InChI is InChI=1S/C15H21N3O2/c1-3-17-9-5-4-6-14(17)18-13-10-11(20-2)7-8-12(13)16-15(18)19/h7-8,10,14H,3-6,9H2,1-2H3,(H,16,19). The first kappa shape index (κ1) is 13.2. The molecule has 0 aliphatic carbocycles. The predicted molar refractivity (Wildman–Crippen MR) is 79.2 cm³/mol. The Balaban J connectivity index is 2.13. The average molecular weight is 275 g/mol. The molecule has 20 heavy (non-hydrogen) atoms. The van der Waals surface area contributed by atoms with E-state index in [1.54, 1.807) is 7.11 Å². The molecule has 3 rings (SSSR count). The first-order valence-corrected chi connectivity index (χ1v) is 7.27. The summed E-state index contributed by atoms with van der Waals surface area (Å²) in [4.78, 5) is 17.7. The third kappa shape index (κ3) is 2.12. The largest absolute Gasteiger partial charge is 0.497 e. The lowest BCUT2D eigenvalue weighted by molar-refractivity contribution is 0.103. The van der Waals surface area contributed by atoms with Crippen molar-refractivity contribution in [2.45, 2.75) is 32.4 Å². The van der Waals surface area contributed by atoms with Gasteiger partial charge in [-0.2, -0.15) is 0 Å². The molecule has 1 atom stereocenters. The van der Waals surface area contributed by atoms with Crippen molar-refractivity contribution in [3.8, 4) is 5.75 Å². The Hall–Kier alpha value is -1.75. The Kier molecular flexibility index (Phi) is 3.53. The van der Waals surface area contributed by atoms with E-state index >= 15 is 0 Å². The molecule has 0 spiro atoms. The van der Waals surface area contributed by atoms with Crippen LogP contribution in [0.5, 0.6) is 5.75 Å². The zero-order chi connectivity index (χ0) is 14.1. The molecular formula is C15H21N3O2. The Morgan fingerprint density at radius 2 is 2.25 bits per heavy atom. The number of aromatic nitrogens is 2. The van der Waals surface area contributed by atoms with Crippen LogP contribution in [0.4, 0.5) is 0 Å². The number of rotatable bonds is 3. The van der Waals surface area contributed by atoms with Crippen LogP contribution in [-0.4, -0.2) is 34.7 Å². The number of benzene rings is 1. The van der Waals surface area contributed by atoms with Crippen LogP contribution in [0.25, 0.3) is 11.0 Å². The normalized spacial score (nSPS) is 20.4. The highest BCUT2D eigenvalue weighted by Gasteiger charge is 2.25. The topological polar surface area (TPSA) is 50.3 Å². The van der Waals surface area contributed by atoms with Crippen molar-refractivity contribution in [2.24, 2.45) is 0 Å². The van der Waals surface area contributed by atoms with E-state index in [9.17, 15) is 4.79 Å². The van der Waals surface area contributed by atoms with Crippen LogP contribution in [0.3, 0.4) is 0 Å². The van der Waals surface area contributed by atoms with Gasteiger partial charge in [-0.25, -0.2) is 4.79 Å². The molecule has 1 unspecified atom stereocenters. The zero-order valence-electron chi connectivity index (χ0n) is 12.1. The van der Waals surface area contributed by atoms with Crippen molar-refractivity contribution in [2.75, 3.05) is 20.2 Å². The summed E-state index contributed by atoms with van der Waals surface area (Å²) in [5.41, 5.74) is 1.77. The number of H-pyrrole nitrogens is 1. The van der Waals surface area contributed by atoms with Crippen LogP contribution < -0.4 is 10.4 Å². The predicted octanol–water partition coefficient (Wildman–Crippen LogP) is 2.34. The summed E-state index contributed by atoms with van der Waals surface area (Å²) in [6, 6.07) is 5.72.